The lowest BCUT2D eigenvalue weighted by Gasteiger charge is -2.35. The molecule has 0 atom stereocenters. The Morgan fingerprint density at radius 1 is 1.13 bits per heavy atom. The van der Waals surface area contributed by atoms with Crippen molar-refractivity contribution >= 4 is 11.8 Å². The third-order valence-corrected chi connectivity index (χ3v) is 6.25. The van der Waals surface area contributed by atoms with E-state index >= 15 is 0 Å². The molecule has 1 aromatic heterocycles. The Morgan fingerprint density at radius 3 is 2.50 bits per heavy atom. The van der Waals surface area contributed by atoms with Crippen molar-refractivity contribution in [3.63, 3.8) is 0 Å². The number of amides is 2. The summed E-state index contributed by atoms with van der Waals surface area (Å²) < 4.78 is 5.81. The van der Waals surface area contributed by atoms with Gasteiger partial charge in [0.2, 0.25) is 5.88 Å². The maximum atomic E-state index is 11.6. The van der Waals surface area contributed by atoms with E-state index in [1.807, 2.05) is 0 Å². The molecular weight excluding hydrogens is 378 g/mol. The van der Waals surface area contributed by atoms with Gasteiger partial charge in [-0.3, -0.25) is 9.80 Å². The molecule has 1 aliphatic heterocycles. The molecule has 160 valence electrons. The molecule has 1 saturated heterocycles. The molecule has 30 heavy (non-hydrogen) atoms. The third-order valence-electron chi connectivity index (χ3n) is 6.25. The van der Waals surface area contributed by atoms with E-state index in [0.29, 0.717) is 30.1 Å². The number of urea groups is 1. The number of rotatable bonds is 7. The van der Waals surface area contributed by atoms with Gasteiger partial charge in [0, 0.05) is 26.7 Å². The van der Waals surface area contributed by atoms with E-state index in [0.717, 1.165) is 19.4 Å². The molecule has 2 heterocycles. The van der Waals surface area contributed by atoms with Crippen LogP contribution in [0.1, 0.15) is 42.7 Å². The molecular formula is C23H31N5O2. The van der Waals surface area contributed by atoms with Crippen molar-refractivity contribution in [2.45, 2.75) is 38.1 Å². The van der Waals surface area contributed by atoms with Gasteiger partial charge < -0.3 is 10.1 Å². The molecule has 0 radical (unpaired) electrons. The molecule has 1 N–H and O–H groups in total. The molecule has 0 unspecified atom stereocenters. The van der Waals surface area contributed by atoms with E-state index in [-0.39, 0.29) is 6.03 Å². The fourth-order valence-electron chi connectivity index (χ4n) is 4.28. The number of benzene rings is 1. The van der Waals surface area contributed by atoms with E-state index in [2.05, 4.69) is 44.7 Å². The number of nitrogens with one attached hydrogen (secondary N) is 1. The van der Waals surface area contributed by atoms with Crippen LogP contribution in [0.25, 0.3) is 0 Å². The van der Waals surface area contributed by atoms with Gasteiger partial charge in [-0.05, 0) is 67.8 Å². The average Bonchev–Trinajstić information content (AvgIpc) is 3.26. The van der Waals surface area contributed by atoms with Crippen molar-refractivity contribution < 1.29 is 9.53 Å². The summed E-state index contributed by atoms with van der Waals surface area (Å²) in [5.74, 6) is 2.17. The zero-order chi connectivity index (χ0) is 20.9. The van der Waals surface area contributed by atoms with E-state index in [1.165, 1.54) is 42.0 Å². The van der Waals surface area contributed by atoms with E-state index in [4.69, 9.17) is 4.74 Å². The second kappa shape index (κ2) is 9.43. The van der Waals surface area contributed by atoms with Gasteiger partial charge in [0.25, 0.3) is 0 Å². The summed E-state index contributed by atoms with van der Waals surface area (Å²) in [4.78, 5) is 15.6. The summed E-state index contributed by atoms with van der Waals surface area (Å²) >= 11 is 0. The molecule has 7 heteroatoms. The highest BCUT2D eigenvalue weighted by Gasteiger charge is 2.31. The summed E-state index contributed by atoms with van der Waals surface area (Å²) in [7, 11) is 3.23. The number of carbonyl (C=O) groups is 1. The third kappa shape index (κ3) is 4.90. The Labute approximate surface area is 178 Å². The second-order valence-corrected chi connectivity index (χ2v) is 8.41. The molecule has 4 rings (SSSR count). The number of anilines is 1. The van der Waals surface area contributed by atoms with Gasteiger partial charge in [0.15, 0.2) is 5.82 Å². The number of likely N-dealkylation sites (tertiary alicyclic amines) is 1. The predicted octanol–water partition coefficient (Wildman–Crippen LogP) is 3.42. The van der Waals surface area contributed by atoms with Gasteiger partial charge in [-0.1, -0.05) is 24.3 Å². The van der Waals surface area contributed by atoms with Crippen LogP contribution in [0, 0.1) is 5.92 Å². The molecule has 2 aliphatic rings. The Morgan fingerprint density at radius 2 is 1.87 bits per heavy atom. The summed E-state index contributed by atoms with van der Waals surface area (Å²) in [5, 5.41) is 10.7. The van der Waals surface area contributed by atoms with Crippen LogP contribution >= 0.6 is 0 Å². The Bertz CT molecular complexity index is 828. The number of aromatic nitrogens is 2. The van der Waals surface area contributed by atoms with Crippen LogP contribution in [-0.4, -0.2) is 54.9 Å². The highest BCUT2D eigenvalue weighted by Crippen LogP contribution is 2.41. The lowest BCUT2D eigenvalue weighted by Crippen LogP contribution is -2.35. The molecule has 0 bridgehead atoms. The number of carbonyl (C=O) groups excluding carboxylic acids is 1. The molecule has 2 fully saturated rings. The van der Waals surface area contributed by atoms with Gasteiger partial charge in [-0.15, -0.1) is 10.2 Å². The average molecular weight is 410 g/mol. The highest BCUT2D eigenvalue weighted by atomic mass is 16.5. The first-order valence-electron chi connectivity index (χ1n) is 10.9. The lowest BCUT2D eigenvalue weighted by molar-refractivity contribution is 0.153. The molecule has 2 amide bonds. The van der Waals surface area contributed by atoms with Crippen LogP contribution in [0.3, 0.4) is 0 Å². The summed E-state index contributed by atoms with van der Waals surface area (Å²) in [6, 6.07) is 12.5. The van der Waals surface area contributed by atoms with Crippen molar-refractivity contribution in [2.75, 3.05) is 38.7 Å². The van der Waals surface area contributed by atoms with Gasteiger partial charge in [-0.25, -0.2) is 4.79 Å². The van der Waals surface area contributed by atoms with Crippen LogP contribution in [0.4, 0.5) is 10.6 Å². The largest absolute Gasteiger partial charge is 0.476 e. The fraction of sp³-hybridized carbons (Fsp3) is 0.522. The molecule has 1 aromatic carbocycles. The Kier molecular flexibility index (Phi) is 6.47. The molecule has 1 aliphatic carbocycles. The fourth-order valence-corrected chi connectivity index (χ4v) is 4.28. The van der Waals surface area contributed by atoms with E-state index in [1.54, 1.807) is 26.2 Å². The van der Waals surface area contributed by atoms with E-state index < -0.39 is 0 Å². The minimum atomic E-state index is -0.234. The molecule has 2 aromatic rings. The van der Waals surface area contributed by atoms with Crippen LogP contribution in [-0.2, 0) is 6.54 Å². The van der Waals surface area contributed by atoms with Crippen LogP contribution in [0.5, 0.6) is 5.88 Å². The predicted molar refractivity (Wildman–Crippen MR) is 117 cm³/mol. The van der Waals surface area contributed by atoms with Crippen molar-refractivity contribution in [3.8, 4) is 5.88 Å². The van der Waals surface area contributed by atoms with Crippen LogP contribution < -0.4 is 15.0 Å². The zero-order valence-corrected chi connectivity index (χ0v) is 17.9. The Balaban J connectivity index is 1.20. The first-order valence-corrected chi connectivity index (χ1v) is 10.9. The molecule has 7 nitrogen and oxygen atoms in total. The first-order chi connectivity index (χ1) is 14.6. The number of hydrogen-bond donors (Lipinski definition) is 1. The smallest absolute Gasteiger partial charge is 0.322 e. The van der Waals surface area contributed by atoms with Gasteiger partial charge >= 0.3 is 6.03 Å². The van der Waals surface area contributed by atoms with Crippen LogP contribution in [0.2, 0.25) is 0 Å². The normalized spacial score (nSPS) is 21.1. The van der Waals surface area contributed by atoms with E-state index in [9.17, 15) is 4.79 Å². The molecule has 0 spiro atoms. The highest BCUT2D eigenvalue weighted by molar-refractivity contribution is 5.89. The van der Waals surface area contributed by atoms with Crippen molar-refractivity contribution in [2.24, 2.45) is 5.92 Å². The first kappa shape index (κ1) is 20.6. The summed E-state index contributed by atoms with van der Waals surface area (Å²) in [5.41, 5.74) is 2.86. The van der Waals surface area contributed by atoms with Gasteiger partial charge in [0.05, 0.1) is 6.61 Å². The zero-order valence-electron chi connectivity index (χ0n) is 17.9. The minimum Gasteiger partial charge on any atom is -0.476 e. The van der Waals surface area contributed by atoms with Crippen molar-refractivity contribution in [1.82, 2.24) is 20.4 Å². The SMILES string of the molecule is CNC(=O)N(C)c1ccc(OCC2CC(c3ccc(CN4CCCC4)cc3)C2)nn1. The maximum Gasteiger partial charge on any atom is 0.322 e. The summed E-state index contributed by atoms with van der Waals surface area (Å²) in [6.07, 6.45) is 4.98. The second-order valence-electron chi connectivity index (χ2n) is 8.41. The van der Waals surface area contributed by atoms with Gasteiger partial charge in [0.1, 0.15) is 0 Å². The quantitative estimate of drug-likeness (QED) is 0.759. The number of ether oxygens (including phenoxy) is 1. The summed E-state index contributed by atoms with van der Waals surface area (Å²) in [6.45, 7) is 4.22. The maximum absolute atomic E-state index is 11.6. The standard InChI is InChI=1S/C23H31N5O2/c1-24-23(29)27(2)21-9-10-22(26-25-21)30-16-18-13-20(14-18)19-7-5-17(6-8-19)15-28-11-3-4-12-28/h5-10,18,20H,3-4,11-16H2,1-2H3,(H,24,29). The number of nitrogens with zero attached hydrogens (tertiary/aromatic N) is 4. The number of hydrogen-bond acceptors (Lipinski definition) is 5. The monoisotopic (exact) mass is 409 g/mol. The Hall–Kier alpha value is -2.67. The topological polar surface area (TPSA) is 70.6 Å². The lowest BCUT2D eigenvalue weighted by atomic mass is 9.72. The minimum absolute atomic E-state index is 0.234. The molecule has 1 saturated carbocycles. The van der Waals surface area contributed by atoms with Crippen LogP contribution in [0.15, 0.2) is 36.4 Å². The van der Waals surface area contributed by atoms with Crippen molar-refractivity contribution in [3.05, 3.63) is 47.5 Å². The van der Waals surface area contributed by atoms with Crippen molar-refractivity contribution in [1.29, 1.82) is 0 Å². The van der Waals surface area contributed by atoms with Gasteiger partial charge in [-0.2, -0.15) is 0 Å².